The normalized spacial score (nSPS) is 11.5. The lowest BCUT2D eigenvalue weighted by Crippen LogP contribution is -1.97. The van der Waals surface area contributed by atoms with Crippen molar-refractivity contribution < 1.29 is 4.42 Å². The number of anilines is 2. The van der Waals surface area contributed by atoms with Crippen LogP contribution in [0.15, 0.2) is 71.1 Å². The highest BCUT2D eigenvalue weighted by Gasteiger charge is 2.16. The van der Waals surface area contributed by atoms with Crippen molar-refractivity contribution in [3.05, 3.63) is 83.4 Å². The molecule has 0 saturated carbocycles. The first-order valence-electron chi connectivity index (χ1n) is 9.29. The quantitative estimate of drug-likeness (QED) is 0.358. The third-order valence-electron chi connectivity index (χ3n) is 5.31. The van der Waals surface area contributed by atoms with E-state index >= 15 is 0 Å². The maximum absolute atomic E-state index is 6.30. The highest BCUT2D eigenvalue weighted by Crippen LogP contribution is 2.40. The van der Waals surface area contributed by atoms with Gasteiger partial charge in [-0.1, -0.05) is 60.2 Å². The molecule has 0 aliphatic heterocycles. The third kappa shape index (κ3) is 2.48. The van der Waals surface area contributed by atoms with Crippen LogP contribution >= 0.6 is 0 Å². The number of aryl methyl sites for hydroxylation is 3. The predicted octanol–water partition coefficient (Wildman–Crippen LogP) is 7.41. The zero-order valence-electron chi connectivity index (χ0n) is 15.8. The Morgan fingerprint density at radius 3 is 2.19 bits per heavy atom. The van der Waals surface area contributed by atoms with Gasteiger partial charge in [-0.15, -0.1) is 0 Å². The van der Waals surface area contributed by atoms with Gasteiger partial charge in [0.25, 0.3) is 0 Å². The van der Waals surface area contributed by atoms with Crippen molar-refractivity contribution in [3.63, 3.8) is 0 Å². The number of hydrogen-bond donors (Lipinski definition) is 1. The Hall–Kier alpha value is -3.26. The molecule has 1 aromatic heterocycles. The van der Waals surface area contributed by atoms with Crippen LogP contribution in [0.5, 0.6) is 0 Å². The van der Waals surface area contributed by atoms with E-state index in [-0.39, 0.29) is 0 Å². The summed E-state index contributed by atoms with van der Waals surface area (Å²) in [6.45, 7) is 6.44. The van der Waals surface area contributed by atoms with E-state index in [1.54, 1.807) is 0 Å². The number of hydrogen-bond acceptors (Lipinski definition) is 2. The van der Waals surface area contributed by atoms with Gasteiger partial charge in [0.05, 0.1) is 5.69 Å². The first-order valence-corrected chi connectivity index (χ1v) is 9.29. The zero-order chi connectivity index (χ0) is 18.5. The van der Waals surface area contributed by atoms with Crippen LogP contribution < -0.4 is 5.32 Å². The van der Waals surface area contributed by atoms with Crippen molar-refractivity contribution in [2.45, 2.75) is 20.8 Å². The van der Waals surface area contributed by atoms with Gasteiger partial charge < -0.3 is 9.73 Å². The second kappa shape index (κ2) is 5.88. The number of rotatable bonds is 2. The summed E-state index contributed by atoms with van der Waals surface area (Å²) in [6.07, 6.45) is 0. The molecule has 0 aliphatic carbocycles. The summed E-state index contributed by atoms with van der Waals surface area (Å²) in [5.41, 5.74) is 7.75. The molecule has 0 saturated heterocycles. The minimum absolute atomic E-state index is 0.911. The second-order valence-electron chi connectivity index (χ2n) is 7.35. The molecule has 0 unspecified atom stereocenters. The van der Waals surface area contributed by atoms with Crippen molar-refractivity contribution in [1.82, 2.24) is 0 Å². The SMILES string of the molecule is Cc1cc(C)c(Nc2cc3ccccc3c3c2oc2ccccc23)c(C)c1. The topological polar surface area (TPSA) is 25.2 Å². The average Bonchev–Trinajstić information content (AvgIpc) is 3.04. The van der Waals surface area contributed by atoms with E-state index in [0.717, 1.165) is 27.9 Å². The van der Waals surface area contributed by atoms with Gasteiger partial charge in [0.1, 0.15) is 5.58 Å². The smallest absolute Gasteiger partial charge is 0.159 e. The first kappa shape index (κ1) is 16.0. The van der Waals surface area contributed by atoms with Crippen LogP contribution in [0.3, 0.4) is 0 Å². The van der Waals surface area contributed by atoms with E-state index < -0.39 is 0 Å². The van der Waals surface area contributed by atoms with E-state index in [1.165, 1.54) is 32.8 Å². The molecule has 1 heterocycles. The summed E-state index contributed by atoms with van der Waals surface area (Å²) in [6, 6.07) is 23.4. The summed E-state index contributed by atoms with van der Waals surface area (Å²) in [5, 5.41) is 8.43. The Balaban J connectivity index is 1.84. The van der Waals surface area contributed by atoms with Crippen molar-refractivity contribution in [2.75, 3.05) is 5.32 Å². The van der Waals surface area contributed by atoms with E-state index in [1.807, 2.05) is 12.1 Å². The summed E-state index contributed by atoms with van der Waals surface area (Å²) in [4.78, 5) is 0. The van der Waals surface area contributed by atoms with Crippen LogP contribution in [0, 0.1) is 20.8 Å². The Bertz CT molecular complexity index is 1300. The molecular formula is C25H21NO. The first-order chi connectivity index (χ1) is 13.1. The fraction of sp³-hybridized carbons (Fsp3) is 0.120. The average molecular weight is 351 g/mol. The van der Waals surface area contributed by atoms with Crippen LogP contribution in [-0.4, -0.2) is 0 Å². The predicted molar refractivity (Wildman–Crippen MR) is 115 cm³/mol. The molecule has 1 N–H and O–H groups in total. The molecule has 0 radical (unpaired) electrons. The van der Waals surface area contributed by atoms with Crippen LogP contribution in [0.2, 0.25) is 0 Å². The fourth-order valence-electron chi connectivity index (χ4n) is 4.18. The molecule has 0 spiro atoms. The molecule has 4 aromatic carbocycles. The van der Waals surface area contributed by atoms with Gasteiger partial charge in [0.2, 0.25) is 0 Å². The van der Waals surface area contributed by atoms with Gasteiger partial charge in [-0.3, -0.25) is 0 Å². The zero-order valence-corrected chi connectivity index (χ0v) is 15.8. The van der Waals surface area contributed by atoms with E-state index in [0.29, 0.717) is 0 Å². The van der Waals surface area contributed by atoms with Crippen molar-refractivity contribution in [3.8, 4) is 0 Å². The van der Waals surface area contributed by atoms with Gasteiger partial charge in [0.15, 0.2) is 5.58 Å². The lowest BCUT2D eigenvalue weighted by atomic mass is 10.0. The second-order valence-corrected chi connectivity index (χ2v) is 7.35. The number of nitrogens with one attached hydrogen (secondary N) is 1. The molecule has 5 rings (SSSR count). The molecule has 2 nitrogen and oxygen atoms in total. The number of benzene rings is 4. The molecule has 27 heavy (non-hydrogen) atoms. The Morgan fingerprint density at radius 2 is 1.41 bits per heavy atom. The minimum Gasteiger partial charge on any atom is -0.454 e. The number of furan rings is 1. The molecule has 0 amide bonds. The lowest BCUT2D eigenvalue weighted by Gasteiger charge is -2.15. The monoisotopic (exact) mass is 351 g/mol. The fourth-order valence-corrected chi connectivity index (χ4v) is 4.18. The maximum Gasteiger partial charge on any atom is 0.159 e. The van der Waals surface area contributed by atoms with Crippen molar-refractivity contribution in [2.24, 2.45) is 0 Å². The Labute approximate surface area is 158 Å². The Kier molecular flexibility index (Phi) is 3.48. The molecule has 5 aromatic rings. The summed E-state index contributed by atoms with van der Waals surface area (Å²) in [5.74, 6) is 0. The molecule has 132 valence electrons. The van der Waals surface area contributed by atoms with Crippen molar-refractivity contribution in [1.29, 1.82) is 0 Å². The summed E-state index contributed by atoms with van der Waals surface area (Å²) < 4.78 is 6.30. The molecule has 2 heteroatoms. The molecule has 0 aliphatic rings. The van der Waals surface area contributed by atoms with Gasteiger partial charge in [-0.2, -0.15) is 0 Å². The van der Waals surface area contributed by atoms with Crippen LogP contribution in [0.1, 0.15) is 16.7 Å². The van der Waals surface area contributed by atoms with E-state index in [2.05, 4.69) is 80.7 Å². The third-order valence-corrected chi connectivity index (χ3v) is 5.31. The summed E-state index contributed by atoms with van der Waals surface area (Å²) in [7, 11) is 0. The van der Waals surface area contributed by atoms with E-state index in [4.69, 9.17) is 4.42 Å². The Morgan fingerprint density at radius 1 is 0.741 bits per heavy atom. The van der Waals surface area contributed by atoms with Gasteiger partial charge in [-0.05, 0) is 54.8 Å². The van der Waals surface area contributed by atoms with Crippen LogP contribution in [-0.2, 0) is 0 Å². The number of fused-ring (bicyclic) bond motifs is 5. The number of para-hydroxylation sites is 1. The minimum atomic E-state index is 0.911. The maximum atomic E-state index is 6.30. The van der Waals surface area contributed by atoms with Crippen LogP contribution in [0.4, 0.5) is 11.4 Å². The van der Waals surface area contributed by atoms with Crippen molar-refractivity contribution >= 4 is 44.1 Å². The van der Waals surface area contributed by atoms with Gasteiger partial charge in [0, 0.05) is 16.5 Å². The van der Waals surface area contributed by atoms with Gasteiger partial charge >= 0.3 is 0 Å². The molecule has 0 atom stereocenters. The highest BCUT2D eigenvalue weighted by atomic mass is 16.3. The largest absolute Gasteiger partial charge is 0.454 e. The lowest BCUT2D eigenvalue weighted by molar-refractivity contribution is 0.670. The molecular weight excluding hydrogens is 330 g/mol. The van der Waals surface area contributed by atoms with E-state index in [9.17, 15) is 0 Å². The standard InChI is InChI=1S/C25H21NO/c1-15-12-16(2)24(17(3)13-15)26-21-14-18-8-4-5-9-19(18)23-20-10-6-7-11-22(20)27-25(21)23/h4-14,26H,1-3H3. The molecule has 0 fully saturated rings. The highest BCUT2D eigenvalue weighted by molar-refractivity contribution is 6.22. The van der Waals surface area contributed by atoms with Crippen LogP contribution in [0.25, 0.3) is 32.7 Å². The van der Waals surface area contributed by atoms with Gasteiger partial charge in [-0.25, -0.2) is 0 Å². The summed E-state index contributed by atoms with van der Waals surface area (Å²) >= 11 is 0. The molecule has 0 bridgehead atoms.